The van der Waals surface area contributed by atoms with Crippen LogP contribution in [0.4, 0.5) is 5.69 Å². The topological polar surface area (TPSA) is 79.0 Å². The molecule has 1 aromatic heterocycles. The minimum atomic E-state index is -0.475. The highest BCUT2D eigenvalue weighted by Crippen LogP contribution is 2.18. The number of carbonyl (C=O) groups is 1. The van der Waals surface area contributed by atoms with E-state index in [1.54, 1.807) is 7.05 Å². The molecule has 0 fully saturated rings. The molecular weight excluding hydrogens is 278 g/mol. The van der Waals surface area contributed by atoms with Crippen molar-refractivity contribution in [2.45, 2.75) is 18.9 Å². The van der Waals surface area contributed by atoms with Crippen molar-refractivity contribution in [1.82, 2.24) is 5.27 Å². The van der Waals surface area contributed by atoms with Crippen molar-refractivity contribution in [2.24, 2.45) is 7.05 Å². The summed E-state index contributed by atoms with van der Waals surface area (Å²) in [6, 6.07) is 5.74. The van der Waals surface area contributed by atoms with Gasteiger partial charge in [0.2, 0.25) is 5.91 Å². The van der Waals surface area contributed by atoms with Crippen LogP contribution in [-0.4, -0.2) is 16.9 Å². The third-order valence-electron chi connectivity index (χ3n) is 2.97. The summed E-state index contributed by atoms with van der Waals surface area (Å²) in [5.41, 5.74) is 2.48. The SMILES string of the molecule is Cc1cccc(NC(=O)CSc2c(=O)o[nH][n+]2C)c1C. The Morgan fingerprint density at radius 3 is 2.85 bits per heavy atom. The molecule has 1 amide bonds. The number of nitrogens with one attached hydrogen (secondary N) is 2. The first kappa shape index (κ1) is 14.4. The second-order valence-electron chi connectivity index (χ2n) is 4.43. The number of hydrogen-bond donors (Lipinski definition) is 2. The zero-order valence-corrected chi connectivity index (χ0v) is 12.3. The molecule has 0 aliphatic carbocycles. The number of nitrogens with zero attached hydrogens (tertiary/aromatic N) is 1. The van der Waals surface area contributed by atoms with Crippen molar-refractivity contribution < 1.29 is 14.0 Å². The summed E-state index contributed by atoms with van der Waals surface area (Å²) in [5.74, 6) is -0.0200. The molecule has 20 heavy (non-hydrogen) atoms. The van der Waals surface area contributed by atoms with Gasteiger partial charge in [-0.1, -0.05) is 16.8 Å². The zero-order valence-electron chi connectivity index (χ0n) is 11.5. The van der Waals surface area contributed by atoms with Crippen LogP contribution in [0.15, 0.2) is 32.5 Å². The second kappa shape index (κ2) is 5.96. The molecule has 0 saturated carbocycles. The van der Waals surface area contributed by atoms with E-state index in [0.29, 0.717) is 5.03 Å². The Hall–Kier alpha value is -2.02. The normalized spacial score (nSPS) is 10.6. The van der Waals surface area contributed by atoms with Crippen molar-refractivity contribution in [2.75, 3.05) is 11.1 Å². The number of hydrogen-bond acceptors (Lipinski definition) is 4. The predicted molar refractivity (Wildman–Crippen MR) is 75.8 cm³/mol. The van der Waals surface area contributed by atoms with Gasteiger partial charge in [0.25, 0.3) is 0 Å². The van der Waals surface area contributed by atoms with Crippen molar-refractivity contribution in [3.63, 3.8) is 0 Å². The Morgan fingerprint density at radius 2 is 2.20 bits per heavy atom. The lowest BCUT2D eigenvalue weighted by Crippen LogP contribution is -2.34. The largest absolute Gasteiger partial charge is 0.441 e. The second-order valence-corrected chi connectivity index (χ2v) is 5.39. The van der Waals surface area contributed by atoms with Crippen LogP contribution in [0.25, 0.3) is 0 Å². The number of thioether (sulfide) groups is 1. The summed E-state index contributed by atoms with van der Waals surface area (Å²) in [7, 11) is 1.65. The lowest BCUT2D eigenvalue weighted by atomic mass is 10.1. The third-order valence-corrected chi connectivity index (χ3v) is 4.09. The summed E-state index contributed by atoms with van der Waals surface area (Å²) in [5, 5.41) is 5.61. The van der Waals surface area contributed by atoms with Gasteiger partial charge in [0, 0.05) is 5.69 Å². The van der Waals surface area contributed by atoms with Gasteiger partial charge < -0.3 is 5.32 Å². The molecule has 0 bridgehead atoms. The minimum Gasteiger partial charge on any atom is -0.325 e. The monoisotopic (exact) mass is 294 g/mol. The molecule has 2 aromatic rings. The average Bonchev–Trinajstić information content (AvgIpc) is 2.72. The Morgan fingerprint density at radius 1 is 1.45 bits per heavy atom. The first-order valence-electron chi connectivity index (χ1n) is 6.05. The van der Waals surface area contributed by atoms with Crippen molar-refractivity contribution >= 4 is 23.4 Å². The number of aromatic amines is 1. The van der Waals surface area contributed by atoms with Gasteiger partial charge in [-0.05, 0) is 48.1 Å². The quantitative estimate of drug-likeness (QED) is 0.654. The van der Waals surface area contributed by atoms with Crippen molar-refractivity contribution in [3.8, 4) is 0 Å². The molecule has 106 valence electrons. The first-order valence-corrected chi connectivity index (χ1v) is 7.04. The van der Waals surface area contributed by atoms with Crippen molar-refractivity contribution in [1.29, 1.82) is 0 Å². The van der Waals surface area contributed by atoms with Crippen LogP contribution in [0, 0.1) is 13.8 Å². The fourth-order valence-electron chi connectivity index (χ4n) is 1.69. The molecule has 0 aliphatic heterocycles. The van der Waals surface area contributed by atoms with E-state index >= 15 is 0 Å². The maximum absolute atomic E-state index is 11.9. The molecule has 2 rings (SSSR count). The number of amides is 1. The van der Waals surface area contributed by atoms with Gasteiger partial charge >= 0.3 is 10.7 Å². The van der Waals surface area contributed by atoms with Crippen LogP contribution in [-0.2, 0) is 11.8 Å². The highest BCUT2D eigenvalue weighted by Gasteiger charge is 2.19. The molecule has 0 unspecified atom stereocenters. The Bertz CT molecular complexity index is 690. The van der Waals surface area contributed by atoms with E-state index in [0.717, 1.165) is 28.6 Å². The van der Waals surface area contributed by atoms with E-state index in [1.807, 2.05) is 32.0 Å². The number of aromatic nitrogens is 2. The maximum Gasteiger partial charge on any atom is 0.441 e. The fourth-order valence-corrected chi connectivity index (χ4v) is 2.42. The number of rotatable bonds is 4. The van der Waals surface area contributed by atoms with E-state index < -0.39 is 5.63 Å². The molecule has 2 N–H and O–H groups in total. The molecule has 1 aromatic carbocycles. The summed E-state index contributed by atoms with van der Waals surface area (Å²) in [6.45, 7) is 3.95. The molecular formula is C13H16N3O3S+. The van der Waals surface area contributed by atoms with Crippen LogP contribution in [0.2, 0.25) is 0 Å². The third kappa shape index (κ3) is 3.11. The van der Waals surface area contributed by atoms with Crippen LogP contribution in [0.3, 0.4) is 0 Å². The molecule has 0 atom stereocenters. The Kier molecular flexibility index (Phi) is 4.29. The van der Waals surface area contributed by atoms with E-state index in [4.69, 9.17) is 0 Å². The average molecular weight is 294 g/mol. The number of benzene rings is 1. The van der Waals surface area contributed by atoms with E-state index in [9.17, 15) is 9.59 Å². The maximum atomic E-state index is 11.9. The lowest BCUT2D eigenvalue weighted by Gasteiger charge is -2.09. The highest BCUT2D eigenvalue weighted by atomic mass is 32.2. The number of aryl methyl sites for hydroxylation is 2. The summed E-state index contributed by atoms with van der Waals surface area (Å²) < 4.78 is 6.05. The van der Waals surface area contributed by atoms with Gasteiger partial charge in [-0.25, -0.2) is 4.79 Å². The molecule has 1 heterocycles. The van der Waals surface area contributed by atoms with Crippen molar-refractivity contribution in [3.05, 3.63) is 39.7 Å². The van der Waals surface area contributed by atoms with Crippen LogP contribution >= 0.6 is 11.8 Å². The standard InChI is InChI=1S/C13H15N3O3S/c1-8-5-4-6-10(9(8)2)14-11(17)7-20-12-13(18)19-15-16(12)3/h4-6H,7H2,1-3H3,(H-,14,15,17,18)/p+1. The van der Waals surface area contributed by atoms with Crippen LogP contribution in [0.5, 0.6) is 0 Å². The fraction of sp³-hybridized carbons (Fsp3) is 0.308. The van der Waals surface area contributed by atoms with Gasteiger partial charge in [-0.2, -0.15) is 0 Å². The Labute approximate surface area is 120 Å². The number of carbonyl (C=O) groups excluding carboxylic acids is 1. The lowest BCUT2D eigenvalue weighted by molar-refractivity contribution is -0.772. The van der Waals surface area contributed by atoms with Gasteiger partial charge in [-0.3, -0.25) is 9.32 Å². The summed E-state index contributed by atoms with van der Waals surface area (Å²) >= 11 is 1.13. The Balaban J connectivity index is 2.00. The predicted octanol–water partition coefficient (Wildman–Crippen LogP) is 1.14. The molecule has 0 saturated heterocycles. The zero-order chi connectivity index (χ0) is 14.7. The highest BCUT2D eigenvalue weighted by molar-refractivity contribution is 7.99. The van der Waals surface area contributed by atoms with Gasteiger partial charge in [0.1, 0.15) is 0 Å². The number of H-pyrrole nitrogens is 1. The van der Waals surface area contributed by atoms with Gasteiger partial charge in [-0.15, -0.1) is 0 Å². The smallest absolute Gasteiger partial charge is 0.325 e. The molecule has 0 spiro atoms. The van der Waals surface area contributed by atoms with E-state index in [1.165, 1.54) is 4.68 Å². The molecule has 0 aliphatic rings. The van der Waals surface area contributed by atoms with E-state index in [2.05, 4.69) is 15.1 Å². The molecule has 7 heteroatoms. The molecule has 6 nitrogen and oxygen atoms in total. The number of anilines is 1. The van der Waals surface area contributed by atoms with Crippen LogP contribution in [0.1, 0.15) is 11.1 Å². The minimum absolute atomic E-state index is 0.143. The summed E-state index contributed by atoms with van der Waals surface area (Å²) in [4.78, 5) is 23.2. The van der Waals surface area contributed by atoms with Gasteiger partial charge in [0.05, 0.1) is 5.75 Å². The van der Waals surface area contributed by atoms with E-state index in [-0.39, 0.29) is 11.7 Å². The van der Waals surface area contributed by atoms with Crippen LogP contribution < -0.4 is 15.6 Å². The first-order chi connectivity index (χ1) is 9.49. The summed E-state index contributed by atoms with van der Waals surface area (Å²) in [6.07, 6.45) is 0. The van der Waals surface area contributed by atoms with Gasteiger partial charge in [0.15, 0.2) is 7.05 Å². The molecule has 0 radical (unpaired) electrons.